The third-order valence-corrected chi connectivity index (χ3v) is 2.57. The Kier molecular flexibility index (Phi) is 3.56. The van der Waals surface area contributed by atoms with Crippen LogP contribution in [0.1, 0.15) is 16.1 Å². The number of nitro groups is 2. The number of non-ortho nitro benzene ring substituents is 1. The standard InChI is InChI=1S/C10H7N5O6/c16-10(17)8-5-13(12-11-8)4-6-1-2-7(14(18)19)3-9(6)15(20)21/h1-3,5H,4H2,(H,16,17). The molecule has 108 valence electrons. The minimum atomic E-state index is -1.28. The van der Waals surface area contributed by atoms with E-state index in [0.29, 0.717) is 0 Å². The quantitative estimate of drug-likeness (QED) is 0.628. The van der Waals surface area contributed by atoms with Gasteiger partial charge in [-0.3, -0.25) is 20.2 Å². The number of hydrogen-bond acceptors (Lipinski definition) is 7. The third-order valence-electron chi connectivity index (χ3n) is 2.57. The monoisotopic (exact) mass is 293 g/mol. The Balaban J connectivity index is 2.36. The Morgan fingerprint density at radius 3 is 2.52 bits per heavy atom. The van der Waals surface area contributed by atoms with Gasteiger partial charge in [0.1, 0.15) is 0 Å². The van der Waals surface area contributed by atoms with Crippen LogP contribution in [0, 0.1) is 20.2 Å². The largest absolute Gasteiger partial charge is 0.476 e. The van der Waals surface area contributed by atoms with Crippen LogP contribution in [0.2, 0.25) is 0 Å². The molecule has 0 amide bonds. The fraction of sp³-hybridized carbons (Fsp3) is 0.100. The molecule has 1 aromatic heterocycles. The number of carbonyl (C=O) groups is 1. The predicted molar refractivity (Wildman–Crippen MR) is 65.8 cm³/mol. The highest BCUT2D eigenvalue weighted by molar-refractivity contribution is 5.84. The molecule has 0 radical (unpaired) electrons. The molecule has 0 spiro atoms. The lowest BCUT2D eigenvalue weighted by atomic mass is 10.1. The molecule has 21 heavy (non-hydrogen) atoms. The van der Waals surface area contributed by atoms with E-state index in [1.807, 2.05) is 0 Å². The lowest BCUT2D eigenvalue weighted by Gasteiger charge is -2.02. The number of carboxylic acids is 1. The van der Waals surface area contributed by atoms with Gasteiger partial charge in [-0.05, 0) is 6.07 Å². The van der Waals surface area contributed by atoms with Crippen molar-refractivity contribution in [3.63, 3.8) is 0 Å². The summed E-state index contributed by atoms with van der Waals surface area (Å²) >= 11 is 0. The molecule has 0 bridgehead atoms. The first-order chi connectivity index (χ1) is 9.88. The summed E-state index contributed by atoms with van der Waals surface area (Å²) in [5.41, 5.74) is -1.01. The molecule has 0 aliphatic rings. The van der Waals surface area contributed by atoms with Gasteiger partial charge in [0.25, 0.3) is 11.4 Å². The molecule has 0 aliphatic carbocycles. The van der Waals surface area contributed by atoms with Gasteiger partial charge in [-0.2, -0.15) is 0 Å². The molecular weight excluding hydrogens is 286 g/mol. The number of nitro benzene ring substituents is 2. The molecule has 0 atom stereocenters. The molecule has 0 unspecified atom stereocenters. The number of benzene rings is 1. The summed E-state index contributed by atoms with van der Waals surface area (Å²) in [5.74, 6) is -1.28. The van der Waals surface area contributed by atoms with E-state index in [4.69, 9.17) is 5.11 Å². The van der Waals surface area contributed by atoms with Gasteiger partial charge in [0, 0.05) is 6.07 Å². The Morgan fingerprint density at radius 1 is 1.29 bits per heavy atom. The van der Waals surface area contributed by atoms with Crippen molar-refractivity contribution in [2.24, 2.45) is 0 Å². The highest BCUT2D eigenvalue weighted by Crippen LogP contribution is 2.25. The lowest BCUT2D eigenvalue weighted by molar-refractivity contribution is -0.394. The second-order valence-electron chi connectivity index (χ2n) is 3.93. The van der Waals surface area contributed by atoms with Gasteiger partial charge in [-0.25, -0.2) is 9.48 Å². The van der Waals surface area contributed by atoms with Gasteiger partial charge in [0.2, 0.25) is 0 Å². The molecular formula is C10H7N5O6. The van der Waals surface area contributed by atoms with Gasteiger partial charge < -0.3 is 5.11 Å². The van der Waals surface area contributed by atoms with Crippen molar-refractivity contribution < 1.29 is 19.7 Å². The zero-order chi connectivity index (χ0) is 15.6. The summed E-state index contributed by atoms with van der Waals surface area (Å²) in [5, 5.41) is 37.2. The Bertz CT molecular complexity index is 739. The summed E-state index contributed by atoms with van der Waals surface area (Å²) in [6.45, 7) is -0.130. The normalized spacial score (nSPS) is 10.3. The van der Waals surface area contributed by atoms with E-state index in [2.05, 4.69) is 10.3 Å². The molecule has 0 saturated heterocycles. The molecule has 11 heteroatoms. The Hall–Kier alpha value is -3.37. The summed E-state index contributed by atoms with van der Waals surface area (Å²) in [6.07, 6.45) is 1.10. The van der Waals surface area contributed by atoms with Crippen LogP contribution < -0.4 is 0 Å². The zero-order valence-corrected chi connectivity index (χ0v) is 10.2. The fourth-order valence-electron chi connectivity index (χ4n) is 1.62. The lowest BCUT2D eigenvalue weighted by Crippen LogP contribution is -2.04. The van der Waals surface area contributed by atoms with Crippen molar-refractivity contribution in [2.45, 2.75) is 6.54 Å². The van der Waals surface area contributed by atoms with Crippen LogP contribution in [0.3, 0.4) is 0 Å². The van der Waals surface area contributed by atoms with Crippen LogP contribution in [0.4, 0.5) is 11.4 Å². The summed E-state index contributed by atoms with van der Waals surface area (Å²) in [4.78, 5) is 30.7. The van der Waals surface area contributed by atoms with Crippen molar-refractivity contribution in [1.82, 2.24) is 15.0 Å². The van der Waals surface area contributed by atoms with Gasteiger partial charge in [-0.15, -0.1) is 5.10 Å². The number of carboxylic acid groups (broad SMARTS) is 1. The molecule has 2 rings (SSSR count). The summed E-state index contributed by atoms with van der Waals surface area (Å²) < 4.78 is 1.09. The molecule has 2 aromatic rings. The number of nitrogens with zero attached hydrogens (tertiary/aromatic N) is 5. The maximum atomic E-state index is 10.9. The van der Waals surface area contributed by atoms with Crippen LogP contribution in [0.25, 0.3) is 0 Å². The summed E-state index contributed by atoms with van der Waals surface area (Å²) in [7, 11) is 0. The second kappa shape index (κ2) is 5.32. The van der Waals surface area contributed by atoms with E-state index in [9.17, 15) is 25.0 Å². The van der Waals surface area contributed by atoms with E-state index in [0.717, 1.165) is 23.0 Å². The number of hydrogen-bond donors (Lipinski definition) is 1. The SMILES string of the molecule is O=C(O)c1cn(Cc2ccc([N+](=O)[O-])cc2[N+](=O)[O-])nn1. The molecule has 1 heterocycles. The van der Waals surface area contributed by atoms with Gasteiger partial charge in [0.15, 0.2) is 5.69 Å². The molecule has 0 aliphatic heterocycles. The Labute approximate surface area is 115 Å². The van der Waals surface area contributed by atoms with E-state index < -0.39 is 27.2 Å². The number of aromatic carboxylic acids is 1. The Morgan fingerprint density at radius 2 is 2.00 bits per heavy atom. The van der Waals surface area contributed by atoms with Crippen molar-refractivity contribution in [3.05, 3.63) is 55.9 Å². The van der Waals surface area contributed by atoms with Crippen molar-refractivity contribution in [1.29, 1.82) is 0 Å². The highest BCUT2D eigenvalue weighted by atomic mass is 16.6. The van der Waals surface area contributed by atoms with Crippen LogP contribution >= 0.6 is 0 Å². The molecule has 0 fully saturated rings. The summed E-state index contributed by atoms with van der Waals surface area (Å²) in [6, 6.07) is 3.18. The van der Waals surface area contributed by atoms with Gasteiger partial charge in [0.05, 0.1) is 34.2 Å². The predicted octanol–water partition coefficient (Wildman–Crippen LogP) is 0.841. The first-order valence-electron chi connectivity index (χ1n) is 5.43. The second-order valence-corrected chi connectivity index (χ2v) is 3.93. The van der Waals surface area contributed by atoms with E-state index >= 15 is 0 Å². The van der Waals surface area contributed by atoms with E-state index in [-0.39, 0.29) is 17.8 Å². The van der Waals surface area contributed by atoms with Gasteiger partial charge >= 0.3 is 5.97 Å². The smallest absolute Gasteiger partial charge is 0.358 e. The van der Waals surface area contributed by atoms with Crippen LogP contribution in [0.5, 0.6) is 0 Å². The van der Waals surface area contributed by atoms with Crippen molar-refractivity contribution in [3.8, 4) is 0 Å². The average Bonchev–Trinajstić information content (AvgIpc) is 2.87. The molecule has 11 nitrogen and oxygen atoms in total. The van der Waals surface area contributed by atoms with E-state index in [1.165, 1.54) is 6.07 Å². The first-order valence-corrected chi connectivity index (χ1v) is 5.43. The zero-order valence-electron chi connectivity index (χ0n) is 10.2. The fourth-order valence-corrected chi connectivity index (χ4v) is 1.62. The number of aromatic nitrogens is 3. The number of rotatable bonds is 5. The van der Waals surface area contributed by atoms with Crippen molar-refractivity contribution >= 4 is 17.3 Å². The minimum absolute atomic E-state index is 0.130. The van der Waals surface area contributed by atoms with Crippen molar-refractivity contribution in [2.75, 3.05) is 0 Å². The maximum Gasteiger partial charge on any atom is 0.358 e. The van der Waals surface area contributed by atoms with Crippen LogP contribution in [0.15, 0.2) is 24.4 Å². The van der Waals surface area contributed by atoms with Gasteiger partial charge in [-0.1, -0.05) is 5.21 Å². The first kappa shape index (κ1) is 14.0. The van der Waals surface area contributed by atoms with E-state index in [1.54, 1.807) is 0 Å². The average molecular weight is 293 g/mol. The van der Waals surface area contributed by atoms with Crippen LogP contribution in [-0.4, -0.2) is 35.9 Å². The highest BCUT2D eigenvalue weighted by Gasteiger charge is 2.20. The minimum Gasteiger partial charge on any atom is -0.476 e. The maximum absolute atomic E-state index is 10.9. The molecule has 0 saturated carbocycles. The van der Waals surface area contributed by atoms with Crippen LogP contribution in [-0.2, 0) is 6.54 Å². The topological polar surface area (TPSA) is 154 Å². The third kappa shape index (κ3) is 2.97. The molecule has 1 N–H and O–H groups in total. The molecule has 1 aromatic carbocycles.